The molecule has 4 amide bonds. The van der Waals surface area contributed by atoms with Crippen molar-refractivity contribution >= 4 is 57.2 Å². The van der Waals surface area contributed by atoms with Crippen LogP contribution in [0.15, 0.2) is 0 Å². The van der Waals surface area contributed by atoms with Crippen molar-refractivity contribution in [1.82, 2.24) is 21.3 Å². The Bertz CT molecular complexity index is 846. The number of aliphatic hydroxyl groups excluding tert-OH is 2. The summed E-state index contributed by atoms with van der Waals surface area (Å²) in [4.78, 5) is 70.0. The molecular weight excluding hydrogens is 592 g/mol. The number of ether oxygens (including phenoxy) is 2. The molecule has 14 nitrogen and oxygen atoms in total. The number of carbonyl (C=O) groups excluding carboxylic acids is 6. The molecule has 242 valence electrons. The molecule has 0 aromatic heterocycles. The summed E-state index contributed by atoms with van der Waals surface area (Å²) in [7, 11) is 3.04. The third-order valence-corrected chi connectivity index (χ3v) is 8.08. The third kappa shape index (κ3) is 18.1. The summed E-state index contributed by atoms with van der Waals surface area (Å²) in [6, 6.07) is 0. The summed E-state index contributed by atoms with van der Waals surface area (Å²) >= 11 is 0. The minimum absolute atomic E-state index is 0.0398. The van der Waals surface area contributed by atoms with E-state index in [9.17, 15) is 39.0 Å². The summed E-state index contributed by atoms with van der Waals surface area (Å²) in [6.07, 6.45) is -2.73. The van der Waals surface area contributed by atoms with Gasteiger partial charge in [0.25, 0.3) is 0 Å². The molecule has 0 spiro atoms. The lowest BCUT2D eigenvalue weighted by atomic mass is 9.87. The van der Waals surface area contributed by atoms with Crippen LogP contribution in [-0.4, -0.2) is 109 Å². The molecule has 16 heteroatoms. The fourth-order valence-electron chi connectivity index (χ4n) is 2.99. The smallest absolute Gasteiger partial charge is 0.302 e. The first kappa shape index (κ1) is 39.4. The number of rotatable bonds is 21. The first-order valence-corrected chi connectivity index (χ1v) is 15.9. The lowest BCUT2D eigenvalue weighted by molar-refractivity contribution is -0.151. The Morgan fingerprint density at radius 2 is 0.952 bits per heavy atom. The first-order chi connectivity index (χ1) is 19.5. The molecule has 0 rings (SSSR count). The van der Waals surface area contributed by atoms with Gasteiger partial charge in [-0.05, 0) is 0 Å². The molecule has 0 saturated carbocycles. The van der Waals surface area contributed by atoms with E-state index in [1.165, 1.54) is 35.4 Å². The second-order valence-electron chi connectivity index (χ2n) is 10.8. The Morgan fingerprint density at radius 3 is 1.26 bits per heavy atom. The van der Waals surface area contributed by atoms with Gasteiger partial charge < -0.3 is 41.0 Å². The molecule has 0 aliphatic carbocycles. The maximum Gasteiger partial charge on any atom is 0.302 e. The Labute approximate surface area is 254 Å². The molecule has 0 fully saturated rings. The molecule has 0 heterocycles. The molecule has 0 aromatic carbocycles. The highest BCUT2D eigenvalue weighted by Gasteiger charge is 2.35. The van der Waals surface area contributed by atoms with Gasteiger partial charge in [0.15, 0.2) is 0 Å². The summed E-state index contributed by atoms with van der Waals surface area (Å²) in [5.41, 5.74) is -1.96. The highest BCUT2D eigenvalue weighted by Crippen LogP contribution is 2.22. The van der Waals surface area contributed by atoms with E-state index in [-0.39, 0.29) is 51.0 Å². The topological polar surface area (TPSA) is 209 Å². The first-order valence-electron chi connectivity index (χ1n) is 13.5. The van der Waals surface area contributed by atoms with Gasteiger partial charge in [0, 0.05) is 75.2 Å². The van der Waals surface area contributed by atoms with Crippen LogP contribution in [0.5, 0.6) is 0 Å². The maximum atomic E-state index is 12.1. The van der Waals surface area contributed by atoms with Crippen molar-refractivity contribution in [3.63, 3.8) is 0 Å². The van der Waals surface area contributed by atoms with Gasteiger partial charge in [-0.15, -0.1) is 0 Å². The Morgan fingerprint density at radius 1 is 0.619 bits per heavy atom. The zero-order valence-corrected chi connectivity index (χ0v) is 26.8. The van der Waals surface area contributed by atoms with Crippen molar-refractivity contribution in [1.29, 1.82) is 0 Å². The summed E-state index contributed by atoms with van der Waals surface area (Å²) in [5.74, 6) is -1.58. The number of amides is 4. The van der Waals surface area contributed by atoms with E-state index in [2.05, 4.69) is 21.3 Å². The zero-order chi connectivity index (χ0) is 32.3. The van der Waals surface area contributed by atoms with Crippen molar-refractivity contribution in [2.75, 3.05) is 50.9 Å². The lowest BCUT2D eigenvalue weighted by Crippen LogP contribution is -2.46. The fraction of sp³-hybridized carbons (Fsp3) is 0.769. The monoisotopic (exact) mass is 638 g/mol. The predicted octanol–water partition coefficient (Wildman–Crippen LogP) is -0.487. The van der Waals surface area contributed by atoms with E-state index in [1.807, 2.05) is 0 Å². The number of carbonyl (C=O) groups is 6. The lowest BCUT2D eigenvalue weighted by Gasteiger charge is -2.28. The van der Waals surface area contributed by atoms with Gasteiger partial charge in [-0.1, -0.05) is 49.3 Å². The highest BCUT2D eigenvalue weighted by molar-refractivity contribution is 8.76. The number of hydrogen-bond acceptors (Lipinski definition) is 12. The van der Waals surface area contributed by atoms with Crippen molar-refractivity contribution < 1.29 is 48.5 Å². The van der Waals surface area contributed by atoms with Gasteiger partial charge in [-0.25, -0.2) is 0 Å². The van der Waals surface area contributed by atoms with E-state index in [0.29, 0.717) is 24.6 Å². The number of aliphatic hydroxyl groups is 2. The molecule has 0 aliphatic rings. The van der Waals surface area contributed by atoms with Gasteiger partial charge in [-0.3, -0.25) is 28.8 Å². The molecule has 0 unspecified atom stereocenters. The number of nitrogens with one attached hydrogen (secondary N) is 4. The van der Waals surface area contributed by atoms with Gasteiger partial charge >= 0.3 is 11.9 Å². The predicted molar refractivity (Wildman–Crippen MR) is 159 cm³/mol. The van der Waals surface area contributed by atoms with Crippen molar-refractivity contribution in [3.8, 4) is 0 Å². The number of hydrogen-bond donors (Lipinski definition) is 6. The van der Waals surface area contributed by atoms with Crippen LogP contribution < -0.4 is 21.3 Å². The van der Waals surface area contributed by atoms with Gasteiger partial charge in [0.1, 0.15) is 12.2 Å². The van der Waals surface area contributed by atoms with Crippen molar-refractivity contribution in [3.05, 3.63) is 0 Å². The van der Waals surface area contributed by atoms with Crippen LogP contribution in [0.25, 0.3) is 0 Å². The van der Waals surface area contributed by atoms with E-state index in [1.54, 1.807) is 27.7 Å². The van der Waals surface area contributed by atoms with Crippen LogP contribution in [-0.2, 0) is 38.2 Å². The Hall–Kier alpha value is -2.56. The SMILES string of the molecule is CC(=O)OCC(C)(C)[C@@H](O)C(=O)NCCC(=O)NCCSSCCNC(=O)CCNC(=O)[C@H](O)C(C)(C)COC(C)=O. The van der Waals surface area contributed by atoms with Crippen LogP contribution in [0, 0.1) is 10.8 Å². The minimum Gasteiger partial charge on any atom is -0.465 e. The molecule has 42 heavy (non-hydrogen) atoms. The standard InChI is InChI=1S/C26H46N4O10S2/c1-17(31)39-15-25(3,4)21(35)23(37)29-9-7-19(33)27-11-13-41-42-14-12-28-20(34)8-10-30-24(38)22(36)26(5,6)16-40-18(2)32/h21-22,35-36H,7-16H2,1-6H3,(H,27,33)(H,28,34)(H,29,37)(H,30,38)/t21-,22-/m0/s1. The van der Waals surface area contributed by atoms with Crippen molar-refractivity contribution in [2.45, 2.75) is 66.6 Å². The van der Waals surface area contributed by atoms with Crippen LogP contribution in [0.1, 0.15) is 54.4 Å². The quantitative estimate of drug-likeness (QED) is 0.0535. The van der Waals surface area contributed by atoms with Crippen LogP contribution >= 0.6 is 21.6 Å². The van der Waals surface area contributed by atoms with E-state index in [4.69, 9.17) is 9.47 Å². The summed E-state index contributed by atoms with van der Waals surface area (Å²) in [5, 5.41) is 30.8. The molecule has 0 saturated heterocycles. The van der Waals surface area contributed by atoms with Crippen LogP contribution in [0.3, 0.4) is 0 Å². The van der Waals surface area contributed by atoms with Crippen molar-refractivity contribution in [2.24, 2.45) is 10.8 Å². The maximum absolute atomic E-state index is 12.1. The number of esters is 2. The fourth-order valence-corrected chi connectivity index (χ4v) is 4.81. The molecule has 6 N–H and O–H groups in total. The molecular formula is C26H46N4O10S2. The zero-order valence-electron chi connectivity index (χ0n) is 25.2. The molecule has 0 radical (unpaired) electrons. The van der Waals surface area contributed by atoms with E-state index in [0.717, 1.165) is 0 Å². The normalized spacial score (nSPS) is 12.9. The molecule has 0 bridgehead atoms. The second-order valence-corrected chi connectivity index (χ2v) is 13.5. The highest BCUT2D eigenvalue weighted by atomic mass is 33.1. The van der Waals surface area contributed by atoms with Gasteiger partial charge in [0.05, 0.1) is 13.2 Å². The summed E-state index contributed by atoms with van der Waals surface area (Å²) in [6.45, 7) is 9.52. The van der Waals surface area contributed by atoms with Crippen LogP contribution in [0.4, 0.5) is 0 Å². The molecule has 0 aromatic rings. The summed E-state index contributed by atoms with van der Waals surface area (Å²) < 4.78 is 9.74. The Balaban J connectivity index is 3.89. The Kier molecular flexibility index (Phi) is 19.1. The second kappa shape index (κ2) is 20.4. The van der Waals surface area contributed by atoms with Gasteiger partial charge in [-0.2, -0.15) is 0 Å². The molecule has 0 aliphatic heterocycles. The minimum atomic E-state index is -1.41. The van der Waals surface area contributed by atoms with E-state index >= 15 is 0 Å². The van der Waals surface area contributed by atoms with Crippen LogP contribution in [0.2, 0.25) is 0 Å². The third-order valence-electron chi connectivity index (χ3n) is 5.67. The largest absolute Gasteiger partial charge is 0.465 e. The van der Waals surface area contributed by atoms with E-state index < -0.39 is 46.8 Å². The average Bonchev–Trinajstić information content (AvgIpc) is 2.91. The molecule has 2 atom stereocenters. The van der Waals surface area contributed by atoms with Gasteiger partial charge in [0.2, 0.25) is 23.6 Å². The average molecular weight is 639 g/mol.